The quantitative estimate of drug-likeness (QED) is 0.573. The summed E-state index contributed by atoms with van der Waals surface area (Å²) in [5.41, 5.74) is 13.5. The number of nitrogens with one attached hydrogen (secondary N) is 1. The van der Waals surface area contributed by atoms with Gasteiger partial charge in [-0.1, -0.05) is 12.1 Å². The molecule has 5 N–H and O–H groups in total. The van der Waals surface area contributed by atoms with Crippen LogP contribution >= 0.6 is 0 Å². The number of nitrogen functional groups attached to an aromatic ring is 2. The fourth-order valence-corrected chi connectivity index (χ4v) is 2.16. The normalized spacial score (nSPS) is 10.1. The zero-order valence-corrected chi connectivity index (χ0v) is 13.4. The van der Waals surface area contributed by atoms with Gasteiger partial charge in [-0.3, -0.25) is 14.4 Å². The maximum absolute atomic E-state index is 12.4. The number of benzene rings is 2. The fourth-order valence-electron chi connectivity index (χ4n) is 2.16. The average Bonchev–Trinajstić information content (AvgIpc) is 2.50. The molecule has 0 aliphatic carbocycles. The fraction of sp³-hybridized carbons (Fsp3) is 0.118. The number of nitrogens with two attached hydrogens (primary N) is 2. The number of imide groups is 1. The lowest BCUT2D eigenvalue weighted by Gasteiger charge is -2.19. The van der Waals surface area contributed by atoms with Crippen molar-refractivity contribution < 1.29 is 14.4 Å². The minimum atomic E-state index is -1.02. The van der Waals surface area contributed by atoms with Crippen LogP contribution < -0.4 is 21.7 Å². The zero-order chi connectivity index (χ0) is 17.9. The molecule has 0 saturated heterocycles. The average molecular weight is 326 g/mol. The van der Waals surface area contributed by atoms with Gasteiger partial charge in [0.15, 0.2) is 0 Å². The Hall–Kier alpha value is -3.35. The second-order valence-corrected chi connectivity index (χ2v) is 5.30. The predicted octanol–water partition coefficient (Wildman–Crippen LogP) is 1.68. The molecule has 2 aromatic rings. The summed E-state index contributed by atoms with van der Waals surface area (Å²) >= 11 is 0. The van der Waals surface area contributed by atoms with Crippen LogP contribution in [0.2, 0.25) is 0 Å². The van der Waals surface area contributed by atoms with Crippen LogP contribution in [0.3, 0.4) is 0 Å². The summed E-state index contributed by atoms with van der Waals surface area (Å²) in [6.45, 7) is 3.01. The van der Waals surface area contributed by atoms with E-state index in [4.69, 9.17) is 11.5 Å². The Balaban J connectivity index is 2.28. The first-order valence-corrected chi connectivity index (χ1v) is 7.17. The van der Waals surface area contributed by atoms with Crippen LogP contribution in [0.4, 0.5) is 22.7 Å². The van der Waals surface area contributed by atoms with E-state index in [2.05, 4.69) is 5.32 Å². The van der Waals surface area contributed by atoms with Crippen LogP contribution in [0.1, 0.15) is 12.5 Å². The number of hydrogen-bond donors (Lipinski definition) is 3. The maximum Gasteiger partial charge on any atom is 0.323 e. The molecule has 0 radical (unpaired) electrons. The van der Waals surface area contributed by atoms with Crippen molar-refractivity contribution in [2.45, 2.75) is 13.8 Å². The first kappa shape index (κ1) is 17.0. The number of carbonyl (C=O) groups is 3. The van der Waals surface area contributed by atoms with Gasteiger partial charge in [-0.25, -0.2) is 4.90 Å². The van der Waals surface area contributed by atoms with E-state index in [0.717, 1.165) is 10.5 Å². The second kappa shape index (κ2) is 6.82. The Morgan fingerprint density at radius 2 is 1.75 bits per heavy atom. The van der Waals surface area contributed by atoms with Crippen LogP contribution in [-0.2, 0) is 14.4 Å². The van der Waals surface area contributed by atoms with Crippen LogP contribution in [-0.4, -0.2) is 17.7 Å². The van der Waals surface area contributed by atoms with Crippen molar-refractivity contribution >= 4 is 40.5 Å². The Morgan fingerprint density at radius 3 is 2.38 bits per heavy atom. The van der Waals surface area contributed by atoms with E-state index in [0.29, 0.717) is 17.1 Å². The first-order chi connectivity index (χ1) is 11.3. The third-order valence-electron chi connectivity index (χ3n) is 3.30. The lowest BCUT2D eigenvalue weighted by Crippen LogP contribution is -2.42. The van der Waals surface area contributed by atoms with Gasteiger partial charge < -0.3 is 16.8 Å². The van der Waals surface area contributed by atoms with E-state index in [1.54, 1.807) is 30.3 Å². The predicted molar refractivity (Wildman–Crippen MR) is 93.2 cm³/mol. The highest BCUT2D eigenvalue weighted by Gasteiger charge is 2.27. The lowest BCUT2D eigenvalue weighted by molar-refractivity contribution is -0.136. The van der Waals surface area contributed by atoms with Gasteiger partial charge >= 0.3 is 11.8 Å². The largest absolute Gasteiger partial charge is 0.399 e. The minimum absolute atomic E-state index is 0.222. The molecule has 0 fully saturated rings. The Kier molecular flexibility index (Phi) is 4.84. The number of hydrogen-bond acceptors (Lipinski definition) is 5. The van der Waals surface area contributed by atoms with E-state index in [-0.39, 0.29) is 5.69 Å². The Labute approximate surface area is 139 Å². The van der Waals surface area contributed by atoms with E-state index < -0.39 is 17.7 Å². The van der Waals surface area contributed by atoms with Gasteiger partial charge in [0.1, 0.15) is 0 Å². The molecule has 7 heteroatoms. The van der Waals surface area contributed by atoms with E-state index in [1.165, 1.54) is 19.1 Å². The van der Waals surface area contributed by atoms with Gasteiger partial charge in [0.25, 0.3) is 0 Å². The third kappa shape index (κ3) is 3.70. The molecule has 2 rings (SSSR count). The topological polar surface area (TPSA) is 119 Å². The first-order valence-electron chi connectivity index (χ1n) is 7.17. The zero-order valence-electron chi connectivity index (χ0n) is 13.4. The molecule has 0 bridgehead atoms. The smallest absolute Gasteiger partial charge is 0.323 e. The van der Waals surface area contributed by atoms with Gasteiger partial charge in [0.2, 0.25) is 5.91 Å². The molecule has 124 valence electrons. The molecule has 3 amide bonds. The Bertz CT molecular complexity index is 817. The summed E-state index contributed by atoms with van der Waals surface area (Å²) in [6.07, 6.45) is 0. The monoisotopic (exact) mass is 326 g/mol. The highest BCUT2D eigenvalue weighted by Crippen LogP contribution is 2.21. The molecule has 0 spiro atoms. The molecule has 0 aliphatic heterocycles. The standard InChI is InChI=1S/C17H18N4O3/c1-10-6-7-14(19)15(8-10)20-16(23)17(24)21(11(2)22)13-5-3-4-12(18)9-13/h3-9H,18-19H2,1-2H3,(H,20,23). The maximum atomic E-state index is 12.4. The molecule has 0 aromatic heterocycles. The van der Waals surface area contributed by atoms with Crippen molar-refractivity contribution in [1.29, 1.82) is 0 Å². The molecule has 0 unspecified atom stereocenters. The molecule has 0 heterocycles. The van der Waals surface area contributed by atoms with Gasteiger partial charge in [-0.15, -0.1) is 0 Å². The van der Waals surface area contributed by atoms with Crippen molar-refractivity contribution in [3.8, 4) is 0 Å². The third-order valence-corrected chi connectivity index (χ3v) is 3.30. The molecule has 24 heavy (non-hydrogen) atoms. The van der Waals surface area contributed by atoms with Crippen molar-refractivity contribution in [2.24, 2.45) is 0 Å². The number of aryl methyl sites for hydroxylation is 1. The molecule has 0 atom stereocenters. The van der Waals surface area contributed by atoms with Gasteiger partial charge in [-0.2, -0.15) is 0 Å². The van der Waals surface area contributed by atoms with Crippen molar-refractivity contribution in [1.82, 2.24) is 0 Å². The van der Waals surface area contributed by atoms with Crippen LogP contribution in [0.15, 0.2) is 42.5 Å². The highest BCUT2D eigenvalue weighted by molar-refractivity contribution is 6.48. The number of carbonyl (C=O) groups excluding carboxylic acids is 3. The molecule has 0 aliphatic rings. The molecular formula is C17H18N4O3. The number of nitrogens with zero attached hydrogens (tertiary/aromatic N) is 1. The highest BCUT2D eigenvalue weighted by atomic mass is 16.2. The van der Waals surface area contributed by atoms with Gasteiger partial charge in [0.05, 0.1) is 17.1 Å². The molecular weight excluding hydrogens is 308 g/mol. The van der Waals surface area contributed by atoms with E-state index in [9.17, 15) is 14.4 Å². The summed E-state index contributed by atoms with van der Waals surface area (Å²) < 4.78 is 0. The SMILES string of the molecule is CC(=O)N(C(=O)C(=O)Nc1cc(C)ccc1N)c1cccc(N)c1. The van der Waals surface area contributed by atoms with Gasteiger partial charge in [-0.05, 0) is 42.8 Å². The summed E-state index contributed by atoms with van der Waals surface area (Å²) in [5, 5.41) is 2.43. The Morgan fingerprint density at radius 1 is 1.04 bits per heavy atom. The number of amides is 3. The molecule has 0 saturated carbocycles. The van der Waals surface area contributed by atoms with Crippen molar-refractivity contribution in [2.75, 3.05) is 21.7 Å². The van der Waals surface area contributed by atoms with Crippen LogP contribution in [0.25, 0.3) is 0 Å². The summed E-state index contributed by atoms with van der Waals surface area (Å²) in [5.74, 6) is -2.59. The summed E-state index contributed by atoms with van der Waals surface area (Å²) in [7, 11) is 0. The second-order valence-electron chi connectivity index (χ2n) is 5.30. The van der Waals surface area contributed by atoms with E-state index in [1.807, 2.05) is 6.92 Å². The summed E-state index contributed by atoms with van der Waals surface area (Å²) in [6, 6.07) is 11.2. The van der Waals surface area contributed by atoms with Crippen molar-refractivity contribution in [3.63, 3.8) is 0 Å². The summed E-state index contributed by atoms with van der Waals surface area (Å²) in [4.78, 5) is 37.2. The lowest BCUT2D eigenvalue weighted by atomic mass is 10.2. The molecule has 7 nitrogen and oxygen atoms in total. The minimum Gasteiger partial charge on any atom is -0.399 e. The van der Waals surface area contributed by atoms with Crippen LogP contribution in [0, 0.1) is 6.92 Å². The van der Waals surface area contributed by atoms with Gasteiger partial charge in [0, 0.05) is 12.6 Å². The number of rotatable bonds is 2. The van der Waals surface area contributed by atoms with Crippen molar-refractivity contribution in [3.05, 3.63) is 48.0 Å². The number of anilines is 4. The molecule has 2 aromatic carbocycles. The van der Waals surface area contributed by atoms with E-state index >= 15 is 0 Å². The van der Waals surface area contributed by atoms with Crippen LogP contribution in [0.5, 0.6) is 0 Å².